The molecule has 0 aliphatic carbocycles. The van der Waals surface area contributed by atoms with Crippen LogP contribution in [0.15, 0.2) is 83.0 Å². The molecule has 2 aromatic rings. The second kappa shape index (κ2) is 9.25. The number of amides is 1. The van der Waals surface area contributed by atoms with Gasteiger partial charge in [0.15, 0.2) is 0 Å². The Labute approximate surface area is 168 Å². The van der Waals surface area contributed by atoms with E-state index in [4.69, 9.17) is 0 Å². The summed E-state index contributed by atoms with van der Waals surface area (Å²) in [6, 6.07) is 7.20. The molecule has 1 amide bonds. The Morgan fingerprint density at radius 2 is 1.89 bits per heavy atom. The van der Waals surface area contributed by atoms with Gasteiger partial charge in [-0.15, -0.1) is 11.3 Å². The number of carbonyl (C=O) groups excluding carboxylic acids is 1. The predicted molar refractivity (Wildman–Crippen MR) is 111 cm³/mol. The van der Waals surface area contributed by atoms with Crippen molar-refractivity contribution in [1.29, 1.82) is 0 Å². The standard InChI is InChI=1S/C20H15BrFNO3S/c1-3-13(10-12(2)22)4-9-17(24)23-16-11-27-19(18(16)20(25)26)14-5-7-15(21)8-6-14/h3-11H,1-2H2,(H,23,24)(H,25,26)/b9-4+,13-10+. The molecular formula is C20H15BrFNO3S. The summed E-state index contributed by atoms with van der Waals surface area (Å²) in [7, 11) is 0. The minimum Gasteiger partial charge on any atom is -0.478 e. The van der Waals surface area contributed by atoms with Crippen molar-refractivity contribution in [2.45, 2.75) is 0 Å². The molecule has 0 radical (unpaired) electrons. The molecule has 0 unspecified atom stereocenters. The second-order valence-corrected chi connectivity index (χ2v) is 7.08. The van der Waals surface area contributed by atoms with Crippen LogP contribution in [0.1, 0.15) is 10.4 Å². The normalized spacial score (nSPS) is 11.4. The number of halogens is 2. The van der Waals surface area contributed by atoms with Gasteiger partial charge in [0.1, 0.15) is 11.4 Å². The van der Waals surface area contributed by atoms with E-state index in [2.05, 4.69) is 34.4 Å². The molecule has 0 fully saturated rings. The van der Waals surface area contributed by atoms with Gasteiger partial charge in [0.05, 0.1) is 10.6 Å². The van der Waals surface area contributed by atoms with E-state index in [9.17, 15) is 19.1 Å². The number of benzene rings is 1. The molecule has 0 aliphatic heterocycles. The number of carboxylic acids is 1. The van der Waals surface area contributed by atoms with E-state index in [1.54, 1.807) is 17.5 Å². The van der Waals surface area contributed by atoms with Crippen molar-refractivity contribution >= 4 is 44.8 Å². The summed E-state index contributed by atoms with van der Waals surface area (Å²) in [5, 5.41) is 13.7. The molecule has 0 saturated carbocycles. The van der Waals surface area contributed by atoms with Crippen molar-refractivity contribution in [1.82, 2.24) is 0 Å². The molecule has 0 bridgehead atoms. The minimum absolute atomic E-state index is 0.0145. The first kappa shape index (κ1) is 20.5. The fourth-order valence-corrected chi connectivity index (χ4v) is 3.44. The molecule has 4 nitrogen and oxygen atoms in total. The number of nitrogens with one attached hydrogen (secondary N) is 1. The lowest BCUT2D eigenvalue weighted by molar-refractivity contribution is -0.111. The van der Waals surface area contributed by atoms with Gasteiger partial charge in [0.2, 0.25) is 5.91 Å². The molecule has 1 aromatic carbocycles. The van der Waals surface area contributed by atoms with Crippen molar-refractivity contribution in [2.24, 2.45) is 0 Å². The third-order valence-electron chi connectivity index (χ3n) is 3.36. The van der Waals surface area contributed by atoms with Gasteiger partial charge < -0.3 is 10.4 Å². The second-order valence-electron chi connectivity index (χ2n) is 5.28. The Morgan fingerprint density at radius 1 is 1.22 bits per heavy atom. The van der Waals surface area contributed by atoms with Crippen molar-refractivity contribution in [2.75, 3.05) is 5.32 Å². The monoisotopic (exact) mass is 447 g/mol. The van der Waals surface area contributed by atoms with Crippen LogP contribution in [0, 0.1) is 0 Å². The highest BCUT2D eigenvalue weighted by molar-refractivity contribution is 9.10. The number of hydrogen-bond donors (Lipinski definition) is 2. The summed E-state index contributed by atoms with van der Waals surface area (Å²) >= 11 is 4.55. The van der Waals surface area contributed by atoms with Gasteiger partial charge in [-0.1, -0.05) is 47.3 Å². The fourth-order valence-electron chi connectivity index (χ4n) is 2.18. The van der Waals surface area contributed by atoms with Crippen LogP contribution in [0.4, 0.5) is 10.1 Å². The number of anilines is 1. The van der Waals surface area contributed by atoms with Gasteiger partial charge in [0.25, 0.3) is 0 Å². The first-order chi connectivity index (χ1) is 12.8. The SMILES string of the molecule is C=CC(/C=C/C(=O)Nc1csc(-c2ccc(Br)cc2)c1C(=O)O)=C\C(=C)F. The number of allylic oxidation sites excluding steroid dienone is 5. The highest BCUT2D eigenvalue weighted by atomic mass is 79.9. The van der Waals surface area contributed by atoms with Crippen molar-refractivity contribution < 1.29 is 19.1 Å². The third-order valence-corrected chi connectivity index (χ3v) is 4.91. The van der Waals surface area contributed by atoms with Gasteiger partial charge in [-0.25, -0.2) is 9.18 Å². The molecule has 138 valence electrons. The zero-order valence-electron chi connectivity index (χ0n) is 14.0. The summed E-state index contributed by atoms with van der Waals surface area (Å²) in [6.45, 7) is 6.63. The zero-order chi connectivity index (χ0) is 20.0. The molecule has 0 aliphatic rings. The van der Waals surface area contributed by atoms with Crippen LogP contribution in [-0.4, -0.2) is 17.0 Å². The molecule has 0 atom stereocenters. The molecule has 2 N–H and O–H groups in total. The highest BCUT2D eigenvalue weighted by Crippen LogP contribution is 2.36. The van der Waals surface area contributed by atoms with Crippen LogP contribution in [0.5, 0.6) is 0 Å². The Hall–Kier alpha value is -2.77. The lowest BCUT2D eigenvalue weighted by atomic mass is 10.1. The molecule has 2 rings (SSSR count). The smallest absolute Gasteiger partial charge is 0.339 e. The first-order valence-electron chi connectivity index (χ1n) is 7.60. The number of hydrogen-bond acceptors (Lipinski definition) is 3. The highest BCUT2D eigenvalue weighted by Gasteiger charge is 2.20. The van der Waals surface area contributed by atoms with E-state index >= 15 is 0 Å². The number of rotatable bonds is 7. The van der Waals surface area contributed by atoms with Crippen LogP contribution in [-0.2, 0) is 4.79 Å². The van der Waals surface area contributed by atoms with E-state index in [1.165, 1.54) is 29.6 Å². The number of carboxylic acid groups (broad SMARTS) is 1. The maximum atomic E-state index is 12.8. The van der Waals surface area contributed by atoms with Gasteiger partial charge in [-0.2, -0.15) is 0 Å². The number of aromatic carboxylic acids is 1. The Balaban J connectivity index is 2.28. The lowest BCUT2D eigenvalue weighted by Gasteiger charge is -2.04. The topological polar surface area (TPSA) is 66.4 Å². The molecular weight excluding hydrogens is 433 g/mol. The van der Waals surface area contributed by atoms with Crippen LogP contribution in [0.25, 0.3) is 10.4 Å². The van der Waals surface area contributed by atoms with E-state index in [-0.39, 0.29) is 11.3 Å². The van der Waals surface area contributed by atoms with Crippen LogP contribution in [0.2, 0.25) is 0 Å². The van der Waals surface area contributed by atoms with Gasteiger partial charge in [-0.05, 0) is 35.4 Å². The van der Waals surface area contributed by atoms with Crippen molar-refractivity contribution in [3.8, 4) is 10.4 Å². The molecule has 1 aromatic heterocycles. The Kier molecular flexibility index (Phi) is 7.04. The molecule has 1 heterocycles. The zero-order valence-corrected chi connectivity index (χ0v) is 16.4. The number of thiophene rings is 1. The van der Waals surface area contributed by atoms with Gasteiger partial charge in [-0.3, -0.25) is 4.79 Å². The summed E-state index contributed by atoms with van der Waals surface area (Å²) in [5.74, 6) is -2.36. The fraction of sp³-hybridized carbons (Fsp3) is 0. The largest absolute Gasteiger partial charge is 0.478 e. The molecule has 0 spiro atoms. The Morgan fingerprint density at radius 3 is 2.44 bits per heavy atom. The maximum absolute atomic E-state index is 12.8. The quantitative estimate of drug-likeness (QED) is 0.406. The van der Waals surface area contributed by atoms with Gasteiger partial charge >= 0.3 is 5.97 Å². The maximum Gasteiger partial charge on any atom is 0.339 e. The lowest BCUT2D eigenvalue weighted by Crippen LogP contribution is -2.11. The summed E-state index contributed by atoms with van der Waals surface area (Å²) < 4.78 is 13.7. The summed E-state index contributed by atoms with van der Waals surface area (Å²) in [6.07, 6.45) is 5.01. The predicted octanol–water partition coefficient (Wildman–Crippen LogP) is 5.97. The van der Waals surface area contributed by atoms with Crippen LogP contribution < -0.4 is 5.32 Å². The van der Waals surface area contributed by atoms with Gasteiger partial charge in [0, 0.05) is 15.9 Å². The Bertz CT molecular complexity index is 958. The average molecular weight is 448 g/mol. The third kappa shape index (κ3) is 5.60. The van der Waals surface area contributed by atoms with E-state index in [1.807, 2.05) is 12.1 Å². The summed E-state index contributed by atoms with van der Waals surface area (Å²) in [4.78, 5) is 24.4. The average Bonchev–Trinajstić information content (AvgIpc) is 3.02. The van der Waals surface area contributed by atoms with Crippen molar-refractivity contribution in [3.63, 3.8) is 0 Å². The van der Waals surface area contributed by atoms with Crippen LogP contribution in [0.3, 0.4) is 0 Å². The van der Waals surface area contributed by atoms with E-state index in [0.29, 0.717) is 10.5 Å². The molecule has 0 saturated heterocycles. The van der Waals surface area contributed by atoms with E-state index < -0.39 is 17.7 Å². The minimum atomic E-state index is -1.14. The number of carbonyl (C=O) groups is 2. The molecule has 27 heavy (non-hydrogen) atoms. The summed E-state index contributed by atoms with van der Waals surface area (Å²) in [5.41, 5.74) is 1.30. The first-order valence-corrected chi connectivity index (χ1v) is 9.27. The molecule has 7 heteroatoms. The van der Waals surface area contributed by atoms with Crippen molar-refractivity contribution in [3.05, 3.63) is 88.5 Å². The van der Waals surface area contributed by atoms with Crippen LogP contribution >= 0.6 is 27.3 Å². The van der Waals surface area contributed by atoms with E-state index in [0.717, 1.165) is 16.1 Å².